The van der Waals surface area contributed by atoms with Crippen LogP contribution in [0.4, 0.5) is 4.39 Å². The molecule has 7 heteroatoms. The molecule has 0 unspecified atom stereocenters. The lowest BCUT2D eigenvalue weighted by Crippen LogP contribution is -2.20. The van der Waals surface area contributed by atoms with Crippen LogP contribution in [0.25, 0.3) is 10.9 Å². The van der Waals surface area contributed by atoms with Gasteiger partial charge in [-0.2, -0.15) is 0 Å². The van der Waals surface area contributed by atoms with Crippen molar-refractivity contribution in [2.45, 2.75) is 10.9 Å². The summed E-state index contributed by atoms with van der Waals surface area (Å²) in [5, 5.41) is 1.07. The molecule has 3 rings (SSSR count). The number of para-hydroxylation sites is 1. The van der Waals surface area contributed by atoms with Gasteiger partial charge in [0.15, 0.2) is 5.16 Å². The maximum atomic E-state index is 13.4. The number of ether oxygens (including phenoxy) is 1. The molecule has 0 fully saturated rings. The highest BCUT2D eigenvalue weighted by molar-refractivity contribution is 7.98. The number of benzene rings is 2. The van der Waals surface area contributed by atoms with Crippen LogP contribution < -0.4 is 5.56 Å². The zero-order valence-corrected chi connectivity index (χ0v) is 14.5. The number of halogens is 1. The Bertz CT molecular complexity index is 1020. The number of aromatic nitrogens is 2. The molecule has 1 aromatic heterocycles. The molecule has 1 heterocycles. The van der Waals surface area contributed by atoms with Crippen molar-refractivity contribution in [3.05, 3.63) is 69.8 Å². The van der Waals surface area contributed by atoms with Gasteiger partial charge in [0.2, 0.25) is 0 Å². The molecular formula is C18H15FN2O3S. The summed E-state index contributed by atoms with van der Waals surface area (Å²) < 4.78 is 19.6. The largest absolute Gasteiger partial charge is 0.465 e. The third-order valence-electron chi connectivity index (χ3n) is 3.78. The molecule has 0 radical (unpaired) electrons. The van der Waals surface area contributed by atoms with Gasteiger partial charge in [-0.15, -0.1) is 0 Å². The quantitative estimate of drug-likeness (QED) is 0.407. The fourth-order valence-electron chi connectivity index (χ4n) is 2.44. The standard InChI is InChI=1S/C18H15FN2O3S/c1-21-16(22)13-5-3-4-6-15(13)20-18(21)25-10-11-7-8-12(19)9-14(11)17(23)24-2/h3-9H,10H2,1-2H3. The number of carbonyl (C=O) groups excluding carboxylic acids is 1. The maximum Gasteiger partial charge on any atom is 0.338 e. The summed E-state index contributed by atoms with van der Waals surface area (Å²) in [6, 6.07) is 11.1. The lowest BCUT2D eigenvalue weighted by Gasteiger charge is -2.10. The second-order valence-electron chi connectivity index (χ2n) is 5.36. The van der Waals surface area contributed by atoms with Gasteiger partial charge in [0.25, 0.3) is 5.56 Å². The minimum Gasteiger partial charge on any atom is -0.465 e. The van der Waals surface area contributed by atoms with Crippen molar-refractivity contribution >= 4 is 28.6 Å². The van der Waals surface area contributed by atoms with E-state index in [1.165, 1.54) is 35.6 Å². The summed E-state index contributed by atoms with van der Waals surface area (Å²) in [7, 11) is 2.90. The van der Waals surface area contributed by atoms with Gasteiger partial charge in [-0.1, -0.05) is 30.0 Å². The highest BCUT2D eigenvalue weighted by Gasteiger charge is 2.15. The molecule has 25 heavy (non-hydrogen) atoms. The van der Waals surface area contributed by atoms with Gasteiger partial charge >= 0.3 is 5.97 Å². The number of fused-ring (bicyclic) bond motifs is 1. The lowest BCUT2D eigenvalue weighted by molar-refractivity contribution is 0.0599. The highest BCUT2D eigenvalue weighted by Crippen LogP contribution is 2.24. The average Bonchev–Trinajstić information content (AvgIpc) is 2.63. The third kappa shape index (κ3) is 3.41. The molecule has 0 spiro atoms. The van der Waals surface area contributed by atoms with E-state index in [1.54, 1.807) is 25.2 Å². The van der Waals surface area contributed by atoms with Gasteiger partial charge < -0.3 is 4.74 Å². The fourth-order valence-corrected chi connectivity index (χ4v) is 3.42. The number of methoxy groups -OCH3 is 1. The first-order valence-corrected chi connectivity index (χ1v) is 8.45. The fraction of sp³-hybridized carbons (Fsp3) is 0.167. The van der Waals surface area contributed by atoms with Crippen molar-refractivity contribution in [2.75, 3.05) is 7.11 Å². The van der Waals surface area contributed by atoms with E-state index >= 15 is 0 Å². The van der Waals surface area contributed by atoms with Crippen molar-refractivity contribution in [1.82, 2.24) is 9.55 Å². The van der Waals surface area contributed by atoms with Crippen LogP contribution in [-0.2, 0) is 17.5 Å². The van der Waals surface area contributed by atoms with E-state index in [4.69, 9.17) is 4.74 Å². The molecule has 0 amide bonds. The lowest BCUT2D eigenvalue weighted by atomic mass is 10.1. The first-order valence-electron chi connectivity index (χ1n) is 7.46. The predicted molar refractivity (Wildman–Crippen MR) is 94.3 cm³/mol. The summed E-state index contributed by atoms with van der Waals surface area (Å²) in [6.07, 6.45) is 0. The van der Waals surface area contributed by atoms with Gasteiger partial charge in [-0.05, 0) is 29.8 Å². The average molecular weight is 358 g/mol. The van der Waals surface area contributed by atoms with Gasteiger partial charge in [0, 0.05) is 12.8 Å². The van der Waals surface area contributed by atoms with E-state index < -0.39 is 11.8 Å². The summed E-state index contributed by atoms with van der Waals surface area (Å²) in [6.45, 7) is 0. The zero-order chi connectivity index (χ0) is 18.0. The molecule has 0 aliphatic rings. The van der Waals surface area contributed by atoms with Crippen molar-refractivity contribution in [3.63, 3.8) is 0 Å². The van der Waals surface area contributed by atoms with Crippen LogP contribution in [0.3, 0.4) is 0 Å². The van der Waals surface area contributed by atoms with Crippen molar-refractivity contribution < 1.29 is 13.9 Å². The molecular weight excluding hydrogens is 343 g/mol. The summed E-state index contributed by atoms with van der Waals surface area (Å²) >= 11 is 1.30. The predicted octanol–water partition coefficient (Wildman–Crippen LogP) is 3.15. The Morgan fingerprint density at radius 3 is 2.80 bits per heavy atom. The summed E-state index contributed by atoms with van der Waals surface area (Å²) in [4.78, 5) is 28.7. The number of rotatable bonds is 4. The van der Waals surface area contributed by atoms with Crippen LogP contribution in [0.15, 0.2) is 52.4 Å². The topological polar surface area (TPSA) is 61.2 Å². The van der Waals surface area contributed by atoms with Crippen molar-refractivity contribution in [1.29, 1.82) is 0 Å². The van der Waals surface area contributed by atoms with Crippen molar-refractivity contribution in [2.24, 2.45) is 7.05 Å². The highest BCUT2D eigenvalue weighted by atomic mass is 32.2. The normalized spacial score (nSPS) is 10.8. The molecule has 0 saturated carbocycles. The number of carbonyl (C=O) groups is 1. The first-order chi connectivity index (χ1) is 12.0. The van der Waals surface area contributed by atoms with Crippen molar-refractivity contribution in [3.8, 4) is 0 Å². The molecule has 0 aliphatic carbocycles. The Kier molecular flexibility index (Phi) is 4.85. The third-order valence-corrected chi connectivity index (χ3v) is 4.85. The first kappa shape index (κ1) is 17.2. The van der Waals surface area contributed by atoms with Crippen LogP contribution in [0.5, 0.6) is 0 Å². The molecule has 0 atom stereocenters. The second-order valence-corrected chi connectivity index (χ2v) is 6.30. The second kappa shape index (κ2) is 7.06. The Balaban J connectivity index is 1.95. The summed E-state index contributed by atoms with van der Waals surface area (Å²) in [5.74, 6) is -0.760. The van der Waals surface area contributed by atoms with Crippen LogP contribution in [0.2, 0.25) is 0 Å². The van der Waals surface area contributed by atoms with Crippen LogP contribution in [-0.4, -0.2) is 22.6 Å². The molecule has 3 aromatic rings. The smallest absolute Gasteiger partial charge is 0.338 e. The Hall–Kier alpha value is -2.67. The minimum absolute atomic E-state index is 0.139. The molecule has 128 valence electrons. The SMILES string of the molecule is COC(=O)c1cc(F)ccc1CSc1nc2ccccc2c(=O)n1C. The van der Waals surface area contributed by atoms with E-state index in [9.17, 15) is 14.0 Å². The van der Waals surface area contributed by atoms with E-state index in [0.717, 1.165) is 6.07 Å². The number of hydrogen-bond donors (Lipinski definition) is 0. The van der Waals surface area contributed by atoms with E-state index in [-0.39, 0.29) is 11.1 Å². The van der Waals surface area contributed by atoms with E-state index in [1.807, 2.05) is 6.07 Å². The maximum absolute atomic E-state index is 13.4. The van der Waals surface area contributed by atoms with Gasteiger partial charge in [-0.25, -0.2) is 14.2 Å². The molecule has 0 bridgehead atoms. The van der Waals surface area contributed by atoms with Crippen LogP contribution in [0.1, 0.15) is 15.9 Å². The monoisotopic (exact) mass is 358 g/mol. The molecule has 0 saturated heterocycles. The molecule has 5 nitrogen and oxygen atoms in total. The number of hydrogen-bond acceptors (Lipinski definition) is 5. The van der Waals surface area contributed by atoms with Gasteiger partial charge in [0.05, 0.1) is 23.6 Å². The molecule has 0 aliphatic heterocycles. The van der Waals surface area contributed by atoms with Crippen LogP contribution in [0, 0.1) is 5.82 Å². The van der Waals surface area contributed by atoms with Gasteiger partial charge in [0.1, 0.15) is 5.82 Å². The summed E-state index contributed by atoms with van der Waals surface area (Å²) in [5.41, 5.74) is 1.25. The van der Waals surface area contributed by atoms with E-state index in [0.29, 0.717) is 27.4 Å². The Labute approximate surface area is 147 Å². The van der Waals surface area contributed by atoms with Crippen LogP contribution >= 0.6 is 11.8 Å². The zero-order valence-electron chi connectivity index (χ0n) is 13.7. The number of nitrogens with zero attached hydrogens (tertiary/aromatic N) is 2. The minimum atomic E-state index is -0.601. The molecule has 0 N–H and O–H groups in total. The Morgan fingerprint density at radius 2 is 2.04 bits per heavy atom. The number of thioether (sulfide) groups is 1. The number of esters is 1. The van der Waals surface area contributed by atoms with Gasteiger partial charge in [-0.3, -0.25) is 9.36 Å². The molecule has 2 aromatic carbocycles. The van der Waals surface area contributed by atoms with E-state index in [2.05, 4.69) is 4.98 Å². The Morgan fingerprint density at radius 1 is 1.28 bits per heavy atom.